The van der Waals surface area contributed by atoms with Gasteiger partial charge in [-0.05, 0) is 80.1 Å². The lowest BCUT2D eigenvalue weighted by Crippen LogP contribution is -2.32. The molecule has 0 bridgehead atoms. The summed E-state index contributed by atoms with van der Waals surface area (Å²) in [7, 11) is 2.19. The highest BCUT2D eigenvalue weighted by atomic mass is 16.5. The van der Waals surface area contributed by atoms with Gasteiger partial charge >= 0.3 is 0 Å². The maximum Gasteiger partial charge on any atom is 0.228 e. The Bertz CT molecular complexity index is 2050. The Morgan fingerprint density at radius 2 is 1.41 bits per heavy atom. The predicted octanol–water partition coefficient (Wildman–Crippen LogP) is 10.4. The van der Waals surface area contributed by atoms with E-state index in [9.17, 15) is 0 Å². The second-order valence-electron chi connectivity index (χ2n) is 14.5. The molecule has 5 aromatic carbocycles. The van der Waals surface area contributed by atoms with Crippen molar-refractivity contribution in [2.75, 3.05) is 0 Å². The van der Waals surface area contributed by atoms with Crippen molar-refractivity contribution in [3.63, 3.8) is 0 Å². The normalized spacial score (nSPS) is 13.3. The summed E-state index contributed by atoms with van der Waals surface area (Å²) in [5.74, 6) is 2.00. The fraction of sp³-hybridized carbons (Fsp3) is 0.308. The highest BCUT2D eigenvalue weighted by Crippen LogP contribution is 2.54. The standard InChI is InChI=1S/C39H40NO/c1-23-27-17-16-24-12-9-10-15-28(24)34(27)30(22-39(5,6)7)37-32(23)36-35-29(18-19-40(36)8)33-25(20-31(35)41-37)13-11-14-26(33)21-38(2,3)4/h9-20H,21-22H2,1-8H3/q+1. The number of nitrogens with zero attached hydrogens (tertiary/aromatic N) is 1. The minimum Gasteiger partial charge on any atom is -0.455 e. The smallest absolute Gasteiger partial charge is 0.228 e. The van der Waals surface area contributed by atoms with E-state index in [-0.39, 0.29) is 10.8 Å². The van der Waals surface area contributed by atoms with Gasteiger partial charge in [-0.2, -0.15) is 0 Å². The maximum atomic E-state index is 7.15. The maximum absolute atomic E-state index is 7.15. The second-order valence-corrected chi connectivity index (χ2v) is 14.5. The van der Waals surface area contributed by atoms with Gasteiger partial charge in [0, 0.05) is 17.0 Å². The third kappa shape index (κ3) is 4.10. The topological polar surface area (TPSA) is 13.1 Å². The summed E-state index contributed by atoms with van der Waals surface area (Å²) in [6, 6.07) is 24.8. The Hall–Kier alpha value is -3.91. The van der Waals surface area contributed by atoms with Crippen LogP contribution in [0.1, 0.15) is 58.2 Å². The van der Waals surface area contributed by atoms with Gasteiger partial charge in [-0.15, -0.1) is 0 Å². The van der Waals surface area contributed by atoms with E-state index >= 15 is 0 Å². The fourth-order valence-electron chi connectivity index (χ4n) is 7.17. The van der Waals surface area contributed by atoms with Crippen molar-refractivity contribution in [2.24, 2.45) is 17.9 Å². The van der Waals surface area contributed by atoms with Crippen molar-refractivity contribution in [3.8, 4) is 22.8 Å². The molecule has 0 atom stereocenters. The van der Waals surface area contributed by atoms with Crippen LogP contribution in [0.5, 0.6) is 11.5 Å². The minimum absolute atomic E-state index is 0.0932. The van der Waals surface area contributed by atoms with Gasteiger partial charge in [0.1, 0.15) is 18.5 Å². The average molecular weight is 539 g/mol. The van der Waals surface area contributed by atoms with Gasteiger partial charge in [-0.1, -0.05) is 96.1 Å². The molecule has 0 radical (unpaired) electrons. The largest absolute Gasteiger partial charge is 0.455 e. The number of hydrogen-bond acceptors (Lipinski definition) is 1. The van der Waals surface area contributed by atoms with Gasteiger partial charge in [0.15, 0.2) is 6.20 Å². The van der Waals surface area contributed by atoms with E-state index in [4.69, 9.17) is 4.74 Å². The van der Waals surface area contributed by atoms with Crippen molar-refractivity contribution in [1.82, 2.24) is 0 Å². The molecule has 1 aliphatic heterocycles. The van der Waals surface area contributed by atoms with Crippen LogP contribution in [0.15, 0.2) is 72.9 Å². The van der Waals surface area contributed by atoms with Gasteiger partial charge < -0.3 is 4.74 Å². The van der Waals surface area contributed by atoms with Gasteiger partial charge in [-0.3, -0.25) is 0 Å². The highest BCUT2D eigenvalue weighted by molar-refractivity contribution is 6.19. The number of aromatic nitrogens is 1. The third-order valence-corrected chi connectivity index (χ3v) is 8.70. The van der Waals surface area contributed by atoms with Crippen molar-refractivity contribution in [1.29, 1.82) is 0 Å². The summed E-state index contributed by atoms with van der Waals surface area (Å²) in [5, 5.41) is 10.3. The summed E-state index contributed by atoms with van der Waals surface area (Å²) in [4.78, 5) is 0. The van der Waals surface area contributed by atoms with Crippen molar-refractivity contribution in [3.05, 3.63) is 89.6 Å². The van der Waals surface area contributed by atoms with Crippen LogP contribution in [0.25, 0.3) is 54.3 Å². The van der Waals surface area contributed by atoms with E-state index < -0.39 is 0 Å². The molecule has 0 unspecified atom stereocenters. The van der Waals surface area contributed by atoms with E-state index in [0.29, 0.717) is 0 Å². The number of fused-ring (bicyclic) bond motifs is 7. The van der Waals surface area contributed by atoms with Gasteiger partial charge in [-0.25, -0.2) is 4.57 Å². The molecule has 0 spiro atoms. The molecule has 0 amide bonds. The quantitative estimate of drug-likeness (QED) is 0.158. The van der Waals surface area contributed by atoms with Gasteiger partial charge in [0.2, 0.25) is 5.69 Å². The molecule has 1 aliphatic rings. The molecule has 41 heavy (non-hydrogen) atoms. The molecule has 2 heterocycles. The molecule has 0 N–H and O–H groups in total. The summed E-state index contributed by atoms with van der Waals surface area (Å²) >= 11 is 0. The number of pyridine rings is 1. The number of aryl methyl sites for hydroxylation is 2. The predicted molar refractivity (Wildman–Crippen MR) is 174 cm³/mol. The Morgan fingerprint density at radius 3 is 2.17 bits per heavy atom. The summed E-state index contributed by atoms with van der Waals surface area (Å²) in [6.07, 6.45) is 4.20. The van der Waals surface area contributed by atoms with E-state index in [1.54, 1.807) is 0 Å². The molecule has 1 aromatic heterocycles. The van der Waals surface area contributed by atoms with E-state index in [1.807, 2.05) is 0 Å². The monoisotopic (exact) mass is 538 g/mol. The van der Waals surface area contributed by atoms with E-state index in [0.717, 1.165) is 24.3 Å². The average Bonchev–Trinajstić information content (AvgIpc) is 2.90. The van der Waals surface area contributed by atoms with Gasteiger partial charge in [0.25, 0.3) is 0 Å². The van der Waals surface area contributed by atoms with E-state index in [2.05, 4.69) is 133 Å². The first-order valence-corrected chi connectivity index (χ1v) is 14.9. The SMILES string of the molecule is Cc1c2c(c(CC(C)(C)C)c3c1ccc1ccccc13)Oc1cc3cccc(CC(C)(C)C)c3c3cc[n+](C)c-2c13. The van der Waals surface area contributed by atoms with Crippen molar-refractivity contribution >= 4 is 43.1 Å². The Labute approximate surface area is 243 Å². The number of ether oxygens (including phenoxy) is 1. The molecular weight excluding hydrogens is 498 g/mol. The van der Waals surface area contributed by atoms with Crippen LogP contribution < -0.4 is 9.30 Å². The Kier molecular flexibility index (Phi) is 5.58. The molecule has 2 heteroatoms. The molecule has 2 nitrogen and oxygen atoms in total. The fourth-order valence-corrected chi connectivity index (χ4v) is 7.17. The number of hydrogen-bond donors (Lipinski definition) is 0. The van der Waals surface area contributed by atoms with Gasteiger partial charge in [0.05, 0.1) is 10.9 Å². The Morgan fingerprint density at radius 1 is 0.683 bits per heavy atom. The molecule has 206 valence electrons. The number of rotatable bonds is 2. The minimum atomic E-state index is 0.0932. The zero-order valence-electron chi connectivity index (χ0n) is 25.7. The first-order valence-electron chi connectivity index (χ1n) is 14.9. The van der Waals surface area contributed by atoms with Crippen molar-refractivity contribution < 1.29 is 9.30 Å². The first kappa shape index (κ1) is 26.0. The second kappa shape index (κ2) is 8.79. The van der Waals surface area contributed by atoms with Crippen LogP contribution in [0.4, 0.5) is 0 Å². The van der Waals surface area contributed by atoms with E-state index in [1.165, 1.54) is 71.0 Å². The van der Waals surface area contributed by atoms with Crippen LogP contribution in [0.2, 0.25) is 0 Å². The molecule has 6 aromatic rings. The lowest BCUT2D eigenvalue weighted by molar-refractivity contribution is -0.659. The van der Waals surface area contributed by atoms with Crippen LogP contribution >= 0.6 is 0 Å². The summed E-state index contributed by atoms with van der Waals surface area (Å²) in [6.45, 7) is 16.3. The third-order valence-electron chi connectivity index (χ3n) is 8.70. The molecule has 0 saturated carbocycles. The lowest BCUT2D eigenvalue weighted by Gasteiger charge is -2.29. The number of benzene rings is 5. The van der Waals surface area contributed by atoms with Crippen LogP contribution in [-0.2, 0) is 19.9 Å². The zero-order chi connectivity index (χ0) is 28.8. The molecule has 0 aliphatic carbocycles. The molecular formula is C39H40NO+. The Balaban J connectivity index is 1.66. The molecule has 0 saturated heterocycles. The summed E-state index contributed by atoms with van der Waals surface area (Å²) in [5.41, 5.74) is 6.79. The van der Waals surface area contributed by atoms with Crippen LogP contribution in [-0.4, -0.2) is 0 Å². The van der Waals surface area contributed by atoms with Crippen molar-refractivity contribution in [2.45, 2.75) is 61.3 Å². The van der Waals surface area contributed by atoms with Crippen LogP contribution in [0.3, 0.4) is 0 Å². The zero-order valence-corrected chi connectivity index (χ0v) is 25.7. The van der Waals surface area contributed by atoms with Crippen LogP contribution in [0, 0.1) is 17.8 Å². The molecule has 7 rings (SSSR count). The lowest BCUT2D eigenvalue weighted by atomic mass is 9.80. The highest BCUT2D eigenvalue weighted by Gasteiger charge is 2.35. The first-order chi connectivity index (χ1) is 19.4. The molecule has 0 fully saturated rings. The summed E-state index contributed by atoms with van der Waals surface area (Å²) < 4.78 is 9.47.